The van der Waals surface area contributed by atoms with Gasteiger partial charge in [0.2, 0.25) is 0 Å². The van der Waals surface area contributed by atoms with Crippen LogP contribution in [0.1, 0.15) is 52.9 Å². The third-order valence-electron chi connectivity index (χ3n) is 3.53. The molecule has 3 unspecified atom stereocenters. The summed E-state index contributed by atoms with van der Waals surface area (Å²) in [4.78, 5) is 0. The fourth-order valence-corrected chi connectivity index (χ4v) is 2.89. The molecule has 0 bridgehead atoms. The van der Waals surface area contributed by atoms with E-state index in [1.54, 1.807) is 0 Å². The van der Waals surface area contributed by atoms with Crippen LogP contribution in [-0.4, -0.2) is 5.38 Å². The minimum Gasteiger partial charge on any atom is -0.123 e. The lowest BCUT2D eigenvalue weighted by Gasteiger charge is -2.35. The Bertz CT molecular complexity index is 142. The van der Waals surface area contributed by atoms with Gasteiger partial charge >= 0.3 is 0 Å². The van der Waals surface area contributed by atoms with Gasteiger partial charge in [-0.2, -0.15) is 0 Å². The van der Waals surface area contributed by atoms with Gasteiger partial charge in [-0.25, -0.2) is 0 Å². The van der Waals surface area contributed by atoms with Crippen molar-refractivity contribution in [2.75, 3.05) is 0 Å². The van der Waals surface area contributed by atoms with Gasteiger partial charge in [0.25, 0.3) is 0 Å². The molecule has 1 heteroatoms. The van der Waals surface area contributed by atoms with E-state index in [-0.39, 0.29) is 0 Å². The zero-order valence-electron chi connectivity index (χ0n) is 9.22. The van der Waals surface area contributed by atoms with E-state index in [1.165, 1.54) is 32.1 Å². The number of hydrogen-bond donors (Lipinski definition) is 0. The first kappa shape index (κ1) is 11.4. The molecule has 1 rings (SSSR count). The Morgan fingerprint density at radius 2 is 2.00 bits per heavy atom. The predicted molar refractivity (Wildman–Crippen MR) is 60.2 cm³/mol. The fraction of sp³-hybridized carbons (Fsp3) is 1.00. The number of rotatable bonds is 3. The zero-order valence-corrected chi connectivity index (χ0v) is 9.98. The number of hydrogen-bond acceptors (Lipinski definition) is 0. The molecule has 0 nitrogen and oxygen atoms in total. The van der Waals surface area contributed by atoms with Crippen LogP contribution in [-0.2, 0) is 0 Å². The van der Waals surface area contributed by atoms with Gasteiger partial charge in [-0.1, -0.05) is 27.2 Å². The first-order valence-electron chi connectivity index (χ1n) is 5.79. The van der Waals surface area contributed by atoms with Crippen LogP contribution >= 0.6 is 11.6 Å². The van der Waals surface area contributed by atoms with E-state index >= 15 is 0 Å². The molecule has 0 saturated heterocycles. The van der Waals surface area contributed by atoms with Gasteiger partial charge in [-0.05, 0) is 43.4 Å². The van der Waals surface area contributed by atoms with Crippen LogP contribution in [0.5, 0.6) is 0 Å². The normalized spacial score (nSPS) is 35.3. The lowest BCUT2D eigenvalue weighted by Crippen LogP contribution is -2.27. The molecule has 0 aromatic rings. The first-order valence-corrected chi connectivity index (χ1v) is 6.22. The Balaban J connectivity index is 2.42. The molecular weight excluding hydrogens is 180 g/mol. The molecule has 0 aromatic heterocycles. The van der Waals surface area contributed by atoms with E-state index in [0.29, 0.717) is 5.38 Å². The van der Waals surface area contributed by atoms with Crippen LogP contribution in [0, 0.1) is 17.8 Å². The van der Waals surface area contributed by atoms with Crippen molar-refractivity contribution in [2.45, 2.75) is 58.3 Å². The van der Waals surface area contributed by atoms with Crippen molar-refractivity contribution in [1.29, 1.82) is 0 Å². The smallest absolute Gasteiger partial charge is 0.0364 e. The Kier molecular flexibility index (Phi) is 4.58. The highest BCUT2D eigenvalue weighted by Gasteiger charge is 2.29. The van der Waals surface area contributed by atoms with Crippen LogP contribution in [0.2, 0.25) is 0 Å². The molecule has 1 aliphatic carbocycles. The molecule has 0 amide bonds. The topological polar surface area (TPSA) is 0 Å². The molecule has 0 heterocycles. The fourth-order valence-electron chi connectivity index (χ4n) is 2.54. The van der Waals surface area contributed by atoms with Crippen molar-refractivity contribution >= 4 is 11.6 Å². The van der Waals surface area contributed by atoms with E-state index < -0.39 is 0 Å². The Labute approximate surface area is 88.1 Å². The summed E-state index contributed by atoms with van der Waals surface area (Å²) in [5, 5.41) is 0.468. The van der Waals surface area contributed by atoms with Crippen LogP contribution in [0.15, 0.2) is 0 Å². The van der Waals surface area contributed by atoms with Crippen LogP contribution < -0.4 is 0 Å². The van der Waals surface area contributed by atoms with Crippen LogP contribution in [0.25, 0.3) is 0 Å². The second-order valence-electron chi connectivity index (χ2n) is 4.88. The summed E-state index contributed by atoms with van der Waals surface area (Å²) < 4.78 is 0. The molecule has 0 aliphatic heterocycles. The quantitative estimate of drug-likeness (QED) is 0.593. The maximum Gasteiger partial charge on any atom is 0.0364 e. The van der Waals surface area contributed by atoms with Gasteiger partial charge in [-0.3, -0.25) is 0 Å². The van der Waals surface area contributed by atoms with Gasteiger partial charge in [0, 0.05) is 5.38 Å². The molecule has 78 valence electrons. The van der Waals surface area contributed by atoms with Crippen molar-refractivity contribution in [2.24, 2.45) is 17.8 Å². The molecule has 0 N–H and O–H groups in total. The maximum atomic E-state index is 6.33. The summed E-state index contributed by atoms with van der Waals surface area (Å²) in [5.41, 5.74) is 0. The largest absolute Gasteiger partial charge is 0.123 e. The minimum atomic E-state index is 0.468. The second-order valence-corrected chi connectivity index (χ2v) is 5.44. The molecule has 3 atom stereocenters. The monoisotopic (exact) mass is 202 g/mol. The summed E-state index contributed by atoms with van der Waals surface area (Å²) in [6.07, 6.45) is 6.59. The average molecular weight is 203 g/mol. The standard InChI is InChI=1S/C12H23Cl/c1-4-5-11-8-10(9(2)3)6-7-12(11)13/h9-12H,4-8H2,1-3H3. The molecule has 0 aromatic carbocycles. The maximum absolute atomic E-state index is 6.33. The summed E-state index contributed by atoms with van der Waals surface area (Å²) in [6, 6.07) is 0. The first-order chi connectivity index (χ1) is 6.15. The van der Waals surface area contributed by atoms with Gasteiger partial charge in [0.05, 0.1) is 0 Å². The molecule has 1 saturated carbocycles. The molecule has 1 fully saturated rings. The molecule has 1 aliphatic rings. The second kappa shape index (κ2) is 5.24. The zero-order chi connectivity index (χ0) is 9.84. The highest BCUT2D eigenvalue weighted by atomic mass is 35.5. The van der Waals surface area contributed by atoms with Gasteiger partial charge < -0.3 is 0 Å². The Hall–Kier alpha value is 0.290. The van der Waals surface area contributed by atoms with Crippen LogP contribution in [0.4, 0.5) is 0 Å². The Morgan fingerprint density at radius 1 is 1.31 bits per heavy atom. The van der Waals surface area contributed by atoms with Gasteiger partial charge in [0.15, 0.2) is 0 Å². The SMILES string of the molecule is CCCC1CC(C(C)C)CCC1Cl. The number of halogens is 1. The number of alkyl halides is 1. The molecule has 0 radical (unpaired) electrons. The van der Waals surface area contributed by atoms with Gasteiger partial charge in [0.1, 0.15) is 0 Å². The van der Waals surface area contributed by atoms with E-state index in [0.717, 1.165) is 17.8 Å². The molecular formula is C12H23Cl. The van der Waals surface area contributed by atoms with Gasteiger partial charge in [-0.15, -0.1) is 11.6 Å². The summed E-state index contributed by atoms with van der Waals surface area (Å²) in [7, 11) is 0. The highest BCUT2D eigenvalue weighted by molar-refractivity contribution is 6.20. The lowest BCUT2D eigenvalue weighted by atomic mass is 9.74. The summed E-state index contributed by atoms with van der Waals surface area (Å²) in [6.45, 7) is 6.97. The third-order valence-corrected chi connectivity index (χ3v) is 4.11. The summed E-state index contributed by atoms with van der Waals surface area (Å²) in [5.74, 6) is 2.59. The van der Waals surface area contributed by atoms with E-state index in [1.807, 2.05) is 0 Å². The van der Waals surface area contributed by atoms with Crippen molar-refractivity contribution in [1.82, 2.24) is 0 Å². The van der Waals surface area contributed by atoms with E-state index in [2.05, 4.69) is 20.8 Å². The minimum absolute atomic E-state index is 0.468. The lowest BCUT2D eigenvalue weighted by molar-refractivity contribution is 0.210. The van der Waals surface area contributed by atoms with Crippen molar-refractivity contribution in [3.63, 3.8) is 0 Å². The van der Waals surface area contributed by atoms with Crippen molar-refractivity contribution < 1.29 is 0 Å². The molecule has 13 heavy (non-hydrogen) atoms. The third kappa shape index (κ3) is 3.16. The van der Waals surface area contributed by atoms with Crippen molar-refractivity contribution in [3.8, 4) is 0 Å². The molecule has 0 spiro atoms. The van der Waals surface area contributed by atoms with Crippen LogP contribution in [0.3, 0.4) is 0 Å². The van der Waals surface area contributed by atoms with E-state index in [9.17, 15) is 0 Å². The van der Waals surface area contributed by atoms with E-state index in [4.69, 9.17) is 11.6 Å². The van der Waals surface area contributed by atoms with Crippen molar-refractivity contribution in [3.05, 3.63) is 0 Å². The Morgan fingerprint density at radius 3 is 2.54 bits per heavy atom. The summed E-state index contributed by atoms with van der Waals surface area (Å²) >= 11 is 6.33. The predicted octanol–water partition coefficient (Wildman–Crippen LogP) is 4.47. The average Bonchev–Trinajstić information content (AvgIpc) is 2.08. The highest BCUT2D eigenvalue weighted by Crippen LogP contribution is 2.38.